The molecule has 31 heavy (non-hydrogen) atoms. The molecule has 1 aliphatic heterocycles. The number of nitrogens with one attached hydrogen (secondary N) is 1. The Bertz CT molecular complexity index is 969. The van der Waals surface area contributed by atoms with Gasteiger partial charge in [0.1, 0.15) is 23.0 Å². The molecule has 1 saturated heterocycles. The molecule has 1 saturated carbocycles. The standard InChI is InChI=1S/C18H26N6.C6H5F/c1-18(2,3)6-4-14(20)16-17(21)23-15(9-22-16)24-7-5-11-12(8-19)13(11)10-24;7-6-4-2-1-3-5-6/h9,11-13,20H,5,7-8,10,19H2,1-3H3,(H2,21,23);1-5H. The van der Waals surface area contributed by atoms with E-state index in [0.29, 0.717) is 17.5 Å². The number of hydrogen-bond acceptors (Lipinski definition) is 6. The third-order valence-electron chi connectivity index (χ3n) is 5.59. The molecule has 0 amide bonds. The van der Waals surface area contributed by atoms with Crippen LogP contribution in [0.5, 0.6) is 0 Å². The van der Waals surface area contributed by atoms with Crippen LogP contribution >= 0.6 is 0 Å². The molecule has 0 spiro atoms. The van der Waals surface area contributed by atoms with E-state index in [9.17, 15) is 4.39 Å². The van der Waals surface area contributed by atoms with Crippen molar-refractivity contribution >= 4 is 17.3 Å². The van der Waals surface area contributed by atoms with Gasteiger partial charge >= 0.3 is 0 Å². The van der Waals surface area contributed by atoms with Crippen molar-refractivity contribution in [2.24, 2.45) is 28.9 Å². The van der Waals surface area contributed by atoms with Crippen molar-refractivity contribution in [3.05, 3.63) is 48.0 Å². The Morgan fingerprint density at radius 3 is 2.52 bits per heavy atom. The van der Waals surface area contributed by atoms with Gasteiger partial charge in [0.25, 0.3) is 0 Å². The fourth-order valence-electron chi connectivity index (χ4n) is 3.89. The first kappa shape index (κ1) is 22.7. The molecule has 2 aliphatic rings. The Labute approximate surface area is 183 Å². The number of nitrogen functional groups attached to an aromatic ring is 1. The van der Waals surface area contributed by atoms with Gasteiger partial charge in [-0.2, -0.15) is 0 Å². The highest BCUT2D eigenvalue weighted by Gasteiger charge is 2.51. The Morgan fingerprint density at radius 1 is 1.26 bits per heavy atom. The Kier molecular flexibility index (Phi) is 6.91. The number of piperidine rings is 1. The molecule has 2 aromatic rings. The molecule has 3 atom stereocenters. The van der Waals surface area contributed by atoms with E-state index in [1.165, 1.54) is 12.1 Å². The van der Waals surface area contributed by atoms with Gasteiger partial charge in [0.2, 0.25) is 0 Å². The van der Waals surface area contributed by atoms with E-state index in [0.717, 1.165) is 37.8 Å². The van der Waals surface area contributed by atoms with Crippen molar-refractivity contribution in [2.45, 2.75) is 27.2 Å². The molecule has 2 heterocycles. The van der Waals surface area contributed by atoms with Crippen LogP contribution in [0.2, 0.25) is 0 Å². The van der Waals surface area contributed by atoms with Gasteiger partial charge in [0.05, 0.1) is 6.20 Å². The normalized spacial score (nSPS) is 21.7. The molecular weight excluding hydrogens is 391 g/mol. The molecule has 4 rings (SSSR count). The highest BCUT2D eigenvalue weighted by molar-refractivity contribution is 6.12. The smallest absolute Gasteiger partial charge is 0.154 e. The first-order valence-corrected chi connectivity index (χ1v) is 10.6. The molecule has 5 N–H and O–H groups in total. The van der Waals surface area contributed by atoms with E-state index >= 15 is 0 Å². The molecule has 3 unspecified atom stereocenters. The van der Waals surface area contributed by atoms with Crippen LogP contribution in [0, 0.1) is 46.2 Å². The SMILES string of the molecule is CC(C)(C)C#CC(=N)c1ncc(N2CCC3C(CN)C3C2)nc1N.Fc1ccccc1. The van der Waals surface area contributed by atoms with Gasteiger partial charge in [0, 0.05) is 18.5 Å². The second kappa shape index (κ2) is 9.44. The summed E-state index contributed by atoms with van der Waals surface area (Å²) >= 11 is 0. The number of aromatic nitrogens is 2. The number of fused-ring (bicyclic) bond motifs is 1. The third-order valence-corrected chi connectivity index (χ3v) is 5.59. The second-order valence-electron chi connectivity index (χ2n) is 9.09. The van der Waals surface area contributed by atoms with Gasteiger partial charge in [-0.1, -0.05) is 24.1 Å². The lowest BCUT2D eigenvalue weighted by Gasteiger charge is -2.27. The summed E-state index contributed by atoms with van der Waals surface area (Å²) in [6, 6.07) is 7.94. The van der Waals surface area contributed by atoms with Crippen molar-refractivity contribution < 1.29 is 4.39 Å². The number of hydrogen-bond donors (Lipinski definition) is 3. The summed E-state index contributed by atoms with van der Waals surface area (Å²) < 4.78 is 11.9. The predicted octanol–water partition coefficient (Wildman–Crippen LogP) is 3.33. The summed E-state index contributed by atoms with van der Waals surface area (Å²) in [4.78, 5) is 11.0. The molecule has 1 aliphatic carbocycles. The minimum absolute atomic E-state index is 0.116. The van der Waals surface area contributed by atoms with Gasteiger partial charge in [0.15, 0.2) is 5.82 Å². The second-order valence-corrected chi connectivity index (χ2v) is 9.09. The van der Waals surface area contributed by atoms with Gasteiger partial charge in [-0.05, 0) is 69.5 Å². The number of rotatable bonds is 3. The third kappa shape index (κ3) is 6.02. The molecule has 0 radical (unpaired) electrons. The minimum Gasteiger partial charge on any atom is -0.382 e. The molecule has 7 heteroatoms. The number of nitrogens with two attached hydrogens (primary N) is 2. The predicted molar refractivity (Wildman–Crippen MR) is 123 cm³/mol. The first-order chi connectivity index (χ1) is 14.7. The summed E-state index contributed by atoms with van der Waals surface area (Å²) in [7, 11) is 0. The van der Waals surface area contributed by atoms with Gasteiger partial charge in [-0.25, -0.2) is 14.4 Å². The van der Waals surface area contributed by atoms with E-state index in [-0.39, 0.29) is 22.8 Å². The molecule has 0 bridgehead atoms. The monoisotopic (exact) mass is 422 g/mol. The van der Waals surface area contributed by atoms with Crippen LogP contribution in [0.3, 0.4) is 0 Å². The van der Waals surface area contributed by atoms with Gasteiger partial charge < -0.3 is 16.4 Å². The highest BCUT2D eigenvalue weighted by atomic mass is 19.1. The average molecular weight is 423 g/mol. The van der Waals surface area contributed by atoms with Crippen LogP contribution < -0.4 is 16.4 Å². The van der Waals surface area contributed by atoms with Crippen molar-refractivity contribution in [3.8, 4) is 11.8 Å². The van der Waals surface area contributed by atoms with E-state index in [1.54, 1.807) is 24.4 Å². The summed E-state index contributed by atoms with van der Waals surface area (Å²) in [5, 5.41) is 8.07. The summed E-state index contributed by atoms with van der Waals surface area (Å²) in [6.07, 6.45) is 2.86. The van der Waals surface area contributed by atoms with Crippen LogP contribution in [0.15, 0.2) is 36.5 Å². The lowest BCUT2D eigenvalue weighted by Crippen LogP contribution is -2.32. The molecule has 1 aromatic carbocycles. The first-order valence-electron chi connectivity index (χ1n) is 10.6. The van der Waals surface area contributed by atoms with E-state index < -0.39 is 0 Å². The number of nitrogens with zero attached hydrogens (tertiary/aromatic N) is 3. The molecule has 164 valence electrons. The maximum Gasteiger partial charge on any atom is 0.154 e. The zero-order chi connectivity index (χ0) is 22.6. The molecular formula is C24H31FN6. The number of anilines is 2. The van der Waals surface area contributed by atoms with Crippen molar-refractivity contribution in [2.75, 3.05) is 30.3 Å². The fourth-order valence-corrected chi connectivity index (χ4v) is 3.89. The van der Waals surface area contributed by atoms with Crippen molar-refractivity contribution in [1.29, 1.82) is 5.41 Å². The van der Waals surface area contributed by atoms with Crippen molar-refractivity contribution in [1.82, 2.24) is 9.97 Å². The van der Waals surface area contributed by atoms with Crippen LogP contribution in [0.25, 0.3) is 0 Å². The van der Waals surface area contributed by atoms with Gasteiger partial charge in [-0.3, -0.25) is 5.41 Å². The van der Waals surface area contributed by atoms with Crippen LogP contribution in [0.4, 0.5) is 16.0 Å². The maximum atomic E-state index is 11.9. The maximum absolute atomic E-state index is 11.9. The lowest BCUT2D eigenvalue weighted by atomic mass is 9.97. The van der Waals surface area contributed by atoms with Crippen LogP contribution in [-0.2, 0) is 0 Å². The lowest BCUT2D eigenvalue weighted by molar-refractivity contribution is 0.546. The highest BCUT2D eigenvalue weighted by Crippen LogP contribution is 2.51. The molecule has 2 fully saturated rings. The minimum atomic E-state index is -0.178. The fraction of sp³-hybridized carbons (Fsp3) is 0.458. The Morgan fingerprint density at radius 2 is 1.97 bits per heavy atom. The Balaban J connectivity index is 0.000000330. The summed E-state index contributed by atoms with van der Waals surface area (Å²) in [6.45, 7) is 8.72. The quantitative estimate of drug-likeness (QED) is 0.520. The average Bonchev–Trinajstić information content (AvgIpc) is 3.45. The van der Waals surface area contributed by atoms with E-state index in [2.05, 4.69) is 26.7 Å². The van der Waals surface area contributed by atoms with E-state index in [4.69, 9.17) is 16.9 Å². The van der Waals surface area contributed by atoms with Crippen LogP contribution in [0.1, 0.15) is 32.9 Å². The Hall–Kier alpha value is -2.98. The van der Waals surface area contributed by atoms with Crippen molar-refractivity contribution in [3.63, 3.8) is 0 Å². The number of benzene rings is 1. The van der Waals surface area contributed by atoms with Crippen LogP contribution in [-0.4, -0.2) is 35.3 Å². The molecule has 6 nitrogen and oxygen atoms in total. The topological polar surface area (TPSA) is 105 Å². The zero-order valence-electron chi connectivity index (χ0n) is 18.4. The summed E-state index contributed by atoms with van der Waals surface area (Å²) in [5.41, 5.74) is 12.2. The zero-order valence-corrected chi connectivity index (χ0v) is 18.4. The number of halogens is 1. The van der Waals surface area contributed by atoms with E-state index in [1.807, 2.05) is 20.8 Å². The molecule has 1 aromatic heterocycles. The largest absolute Gasteiger partial charge is 0.382 e. The van der Waals surface area contributed by atoms with Gasteiger partial charge in [-0.15, -0.1) is 0 Å². The summed E-state index contributed by atoms with van der Waals surface area (Å²) in [5.74, 6) is 8.88.